The van der Waals surface area contributed by atoms with Crippen molar-refractivity contribution in [2.24, 2.45) is 0 Å². The van der Waals surface area contributed by atoms with Crippen LogP contribution in [0.3, 0.4) is 0 Å². The Morgan fingerprint density at radius 2 is 1.16 bits per heavy atom. The van der Waals surface area contributed by atoms with Gasteiger partial charge in [-0.05, 0) is 151 Å². The molecule has 4 aromatic carbocycles. The number of benzene rings is 4. The van der Waals surface area contributed by atoms with Crippen molar-refractivity contribution >= 4 is 39.7 Å². The fourth-order valence-electron chi connectivity index (χ4n) is 13.6. The van der Waals surface area contributed by atoms with Gasteiger partial charge in [0.05, 0.1) is 17.6 Å². The lowest BCUT2D eigenvalue weighted by Gasteiger charge is -2.31. The summed E-state index contributed by atoms with van der Waals surface area (Å²) in [6.07, 6.45) is 21.1. The Labute approximate surface area is 556 Å². The number of fused-ring (bicyclic) bond motifs is 2. The standard InChI is InChI=1S/C43H53N7O4.C33H37N7O/c1-7-49(42(52)54-43(3,4)5)27-31-25-44-26-34(28(31)2)30-21-22-35-33(24-30)38(47-50(35)36-20-14-15-23-53-36)40-45-37(29-16-10-8-11-17-29)39(46-40)41(51)48(6)32-18-12-9-13-19-32;1-4-34-18-24-19-35-20-27(21(24)2)23-15-16-28-26(17-23)30(39-38-28)32-36-29(22-11-7-5-8-12-22)31(37-32)33(41)40(3)25-13-9-6-10-14-25/h8,10-11,16-17,21-22,24-26,32,36H,7,9,12-15,18-20,23,27H2,1-6H3,(H,45,46);5,7-8,11-12,15-17,19-20,25,34H,4,6,9-10,13-14,18H2,1-3H3,(H,36,37)(H,38,39). The van der Waals surface area contributed by atoms with E-state index in [1.165, 1.54) is 24.0 Å². The third-order valence-corrected chi connectivity index (χ3v) is 19.2. The Morgan fingerprint density at radius 3 is 1.71 bits per heavy atom. The molecule has 494 valence electrons. The van der Waals surface area contributed by atoms with Crippen molar-refractivity contribution in [3.05, 3.63) is 155 Å². The van der Waals surface area contributed by atoms with Crippen molar-refractivity contribution in [1.29, 1.82) is 0 Å². The molecule has 2 aliphatic carbocycles. The van der Waals surface area contributed by atoms with Crippen molar-refractivity contribution in [3.8, 4) is 67.8 Å². The summed E-state index contributed by atoms with van der Waals surface area (Å²) in [6.45, 7) is 17.1. The van der Waals surface area contributed by atoms with Crippen LogP contribution < -0.4 is 5.32 Å². The van der Waals surface area contributed by atoms with Crippen LogP contribution in [-0.4, -0.2) is 134 Å². The second kappa shape index (κ2) is 29.1. The number of carbonyl (C=O) groups is 3. The van der Waals surface area contributed by atoms with Gasteiger partial charge in [0.2, 0.25) is 0 Å². The third kappa shape index (κ3) is 14.4. The molecule has 4 N–H and O–H groups in total. The molecule has 10 aromatic rings. The van der Waals surface area contributed by atoms with Crippen molar-refractivity contribution in [2.45, 2.75) is 169 Å². The Morgan fingerprint density at radius 1 is 0.621 bits per heavy atom. The lowest BCUT2D eigenvalue weighted by Crippen LogP contribution is -2.38. The number of aromatic amines is 3. The minimum Gasteiger partial charge on any atom is -0.444 e. The van der Waals surface area contributed by atoms with Crippen LogP contribution in [0.15, 0.2) is 122 Å². The normalized spacial score (nSPS) is 15.6. The van der Waals surface area contributed by atoms with E-state index >= 15 is 0 Å². The molecule has 95 heavy (non-hydrogen) atoms. The molecule has 3 aliphatic rings. The molecule has 1 atom stereocenters. The molecule has 1 unspecified atom stereocenters. The zero-order chi connectivity index (χ0) is 66.3. The van der Waals surface area contributed by atoms with E-state index in [1.807, 2.05) is 148 Å². The molecule has 0 spiro atoms. The van der Waals surface area contributed by atoms with Crippen LogP contribution >= 0.6 is 0 Å². The van der Waals surface area contributed by atoms with Crippen LogP contribution in [0.5, 0.6) is 0 Å². The summed E-state index contributed by atoms with van der Waals surface area (Å²) in [5.41, 5.74) is 15.0. The average molecular weight is 1280 g/mol. The number of amides is 3. The number of imidazole rings is 2. The van der Waals surface area contributed by atoms with Crippen LogP contribution in [0, 0.1) is 13.8 Å². The lowest BCUT2D eigenvalue weighted by atomic mass is 9.94. The van der Waals surface area contributed by atoms with E-state index in [-0.39, 0.29) is 36.2 Å². The number of rotatable bonds is 17. The van der Waals surface area contributed by atoms with Crippen molar-refractivity contribution in [1.82, 2.24) is 69.9 Å². The van der Waals surface area contributed by atoms with Gasteiger partial charge in [0.1, 0.15) is 39.8 Å². The summed E-state index contributed by atoms with van der Waals surface area (Å²) in [5, 5.41) is 18.2. The smallest absolute Gasteiger partial charge is 0.410 e. The van der Waals surface area contributed by atoms with Crippen LogP contribution in [0.2, 0.25) is 0 Å². The second-order valence-electron chi connectivity index (χ2n) is 26.7. The van der Waals surface area contributed by atoms with Crippen LogP contribution in [-0.2, 0) is 22.6 Å². The van der Waals surface area contributed by atoms with Crippen molar-refractivity contribution < 1.29 is 23.9 Å². The van der Waals surface area contributed by atoms with Crippen LogP contribution in [0.25, 0.3) is 89.6 Å². The highest BCUT2D eigenvalue weighted by atomic mass is 16.6. The monoisotopic (exact) mass is 1280 g/mol. The largest absolute Gasteiger partial charge is 0.444 e. The molecule has 6 aromatic heterocycles. The Hall–Kier alpha value is -9.33. The first-order valence-electron chi connectivity index (χ1n) is 34.1. The van der Waals surface area contributed by atoms with Crippen LogP contribution in [0.4, 0.5) is 4.79 Å². The van der Waals surface area contributed by atoms with Crippen molar-refractivity contribution in [3.63, 3.8) is 0 Å². The van der Waals surface area contributed by atoms with E-state index < -0.39 is 5.60 Å². The molecular weight excluding hydrogens is 1190 g/mol. The zero-order valence-corrected chi connectivity index (χ0v) is 56.5. The molecule has 1 aliphatic heterocycles. The maximum atomic E-state index is 14.3. The van der Waals surface area contributed by atoms with E-state index in [2.05, 4.69) is 86.6 Å². The van der Waals surface area contributed by atoms with Gasteiger partial charge in [0.25, 0.3) is 11.8 Å². The molecule has 19 heteroatoms. The van der Waals surface area contributed by atoms with Gasteiger partial charge in [-0.2, -0.15) is 10.2 Å². The highest BCUT2D eigenvalue weighted by molar-refractivity contribution is 6.02. The third-order valence-electron chi connectivity index (χ3n) is 19.2. The molecule has 1 saturated heterocycles. The number of hydrogen-bond acceptors (Lipinski definition) is 12. The number of carbonyl (C=O) groups excluding carboxylic acids is 3. The number of aromatic nitrogens is 10. The molecule has 19 nitrogen and oxygen atoms in total. The van der Waals surface area contributed by atoms with E-state index in [9.17, 15) is 14.4 Å². The summed E-state index contributed by atoms with van der Waals surface area (Å²) in [4.78, 5) is 72.8. The number of ether oxygens (including phenoxy) is 2. The van der Waals surface area contributed by atoms with E-state index in [0.29, 0.717) is 65.5 Å². The Balaban J connectivity index is 0.000000189. The molecule has 7 heterocycles. The predicted octanol–water partition coefficient (Wildman–Crippen LogP) is 15.8. The minimum atomic E-state index is -0.588. The molecular formula is C76H90N14O5. The maximum Gasteiger partial charge on any atom is 0.410 e. The zero-order valence-electron chi connectivity index (χ0n) is 56.5. The van der Waals surface area contributed by atoms with E-state index in [4.69, 9.17) is 24.5 Å². The summed E-state index contributed by atoms with van der Waals surface area (Å²) >= 11 is 0. The average Bonchev–Trinajstić information content (AvgIpc) is 1.62. The first-order chi connectivity index (χ1) is 46.1. The lowest BCUT2D eigenvalue weighted by molar-refractivity contribution is -0.0365. The summed E-state index contributed by atoms with van der Waals surface area (Å²) in [7, 11) is 3.84. The highest BCUT2D eigenvalue weighted by Crippen LogP contribution is 2.39. The molecule has 13 rings (SSSR count). The topological polar surface area (TPSA) is 221 Å². The first kappa shape index (κ1) is 65.7. The van der Waals surface area contributed by atoms with Gasteiger partial charge in [-0.1, -0.05) is 118 Å². The number of H-pyrrole nitrogens is 3. The van der Waals surface area contributed by atoms with Gasteiger partial charge < -0.3 is 39.5 Å². The fraction of sp³-hybridized carbons (Fsp3) is 0.408. The number of pyridine rings is 2. The first-order valence-corrected chi connectivity index (χ1v) is 34.1. The molecule has 2 saturated carbocycles. The van der Waals surface area contributed by atoms with Gasteiger partial charge in [0.15, 0.2) is 17.9 Å². The predicted molar refractivity (Wildman–Crippen MR) is 374 cm³/mol. The molecule has 0 bridgehead atoms. The van der Waals surface area contributed by atoms with Gasteiger partial charge in [-0.25, -0.2) is 19.4 Å². The summed E-state index contributed by atoms with van der Waals surface area (Å²) < 4.78 is 13.9. The summed E-state index contributed by atoms with van der Waals surface area (Å²) in [5.74, 6) is 1.01. The Kier molecular flexibility index (Phi) is 20.1. The number of hydrogen-bond donors (Lipinski definition) is 4. The van der Waals surface area contributed by atoms with Gasteiger partial charge in [-0.15, -0.1) is 0 Å². The molecule has 3 fully saturated rings. The SMILES string of the molecule is CCN(Cc1cncc(-c2ccc3c(c2)c(-c2nc(-c4ccccc4)c(C(=O)N(C)C4CCCCC4)[nH]2)nn3C2CCCCO2)c1C)C(=O)OC(C)(C)C.CCNCc1cncc(-c2ccc3[nH]nc(-c4nc(-c5ccccc5)c(C(=O)N(C)C5CCCCC5)[nH]4)c3c2)c1C. The number of nitrogens with one attached hydrogen (secondary N) is 4. The summed E-state index contributed by atoms with van der Waals surface area (Å²) in [6, 6.07) is 32.8. The second-order valence-corrected chi connectivity index (χ2v) is 26.7. The van der Waals surface area contributed by atoms with Crippen molar-refractivity contribution in [2.75, 3.05) is 33.8 Å². The minimum absolute atomic E-state index is 0.0331. The number of nitrogens with zero attached hydrogens (tertiary/aromatic N) is 10. The molecule has 0 radical (unpaired) electrons. The van der Waals surface area contributed by atoms with Gasteiger partial charge in [-0.3, -0.25) is 24.7 Å². The van der Waals surface area contributed by atoms with Gasteiger partial charge >= 0.3 is 6.09 Å². The Bertz CT molecular complexity index is 4320. The highest BCUT2D eigenvalue weighted by Gasteiger charge is 2.32. The van der Waals surface area contributed by atoms with Gasteiger partial charge in [0, 0.05) is 104 Å². The van der Waals surface area contributed by atoms with E-state index in [0.717, 1.165) is 150 Å². The van der Waals surface area contributed by atoms with Crippen LogP contribution in [0.1, 0.15) is 168 Å². The quantitative estimate of drug-likeness (QED) is 0.0669. The maximum absolute atomic E-state index is 14.3. The molecule has 3 amide bonds. The fourth-order valence-corrected chi connectivity index (χ4v) is 13.6. The van der Waals surface area contributed by atoms with E-state index in [1.54, 1.807) is 4.90 Å².